The highest BCUT2D eigenvalue weighted by Gasteiger charge is 2.26. The lowest BCUT2D eigenvalue weighted by Gasteiger charge is -2.26. The van der Waals surface area contributed by atoms with Gasteiger partial charge < -0.3 is 16.0 Å². The lowest BCUT2D eigenvalue weighted by molar-refractivity contribution is -0.124. The molecule has 2 atom stereocenters. The molecule has 0 bridgehead atoms. The van der Waals surface area contributed by atoms with Crippen molar-refractivity contribution in [2.45, 2.75) is 32.7 Å². The molecule has 1 heterocycles. The van der Waals surface area contributed by atoms with Crippen molar-refractivity contribution in [3.05, 3.63) is 35.6 Å². The summed E-state index contributed by atoms with van der Waals surface area (Å²) in [6, 6.07) is 5.08. The number of piperidine rings is 1. The normalized spacial score (nSPS) is 18.2. The zero-order valence-corrected chi connectivity index (χ0v) is 15.5. The van der Waals surface area contributed by atoms with Gasteiger partial charge in [0.05, 0.1) is 5.56 Å². The number of rotatable bonds is 6. The third-order valence-corrected chi connectivity index (χ3v) is 4.32. The quantitative estimate of drug-likeness (QED) is 0.717. The van der Waals surface area contributed by atoms with E-state index in [1.165, 1.54) is 18.2 Å². The molecule has 1 aliphatic rings. The number of hydrogen-bond donors (Lipinski definition) is 3. The Kier molecular flexibility index (Phi) is 8.86. The van der Waals surface area contributed by atoms with Crippen LogP contribution >= 0.6 is 12.4 Å². The second-order valence-corrected chi connectivity index (χ2v) is 6.63. The van der Waals surface area contributed by atoms with Gasteiger partial charge in [-0.25, -0.2) is 4.39 Å². The van der Waals surface area contributed by atoms with Crippen molar-refractivity contribution in [1.29, 1.82) is 0 Å². The van der Waals surface area contributed by atoms with Crippen LogP contribution in [0.4, 0.5) is 4.39 Å². The molecule has 5 nitrogen and oxygen atoms in total. The van der Waals surface area contributed by atoms with Gasteiger partial charge in [-0.2, -0.15) is 0 Å². The van der Waals surface area contributed by atoms with Crippen molar-refractivity contribution in [2.24, 2.45) is 11.8 Å². The topological polar surface area (TPSA) is 70.2 Å². The Hall–Kier alpha value is -1.66. The average Bonchev–Trinajstić information content (AvgIpc) is 2.58. The number of halogens is 2. The molecule has 0 saturated carbocycles. The number of nitrogens with one attached hydrogen (secondary N) is 3. The van der Waals surface area contributed by atoms with Crippen LogP contribution in [0.2, 0.25) is 0 Å². The highest BCUT2D eigenvalue weighted by Crippen LogP contribution is 2.11. The molecule has 2 amide bonds. The van der Waals surface area contributed by atoms with Crippen LogP contribution in [0.15, 0.2) is 24.3 Å². The van der Waals surface area contributed by atoms with Gasteiger partial charge in [-0.1, -0.05) is 26.0 Å². The van der Waals surface area contributed by atoms with Gasteiger partial charge >= 0.3 is 0 Å². The van der Waals surface area contributed by atoms with Gasteiger partial charge in [-0.3, -0.25) is 9.59 Å². The average molecular weight is 372 g/mol. The van der Waals surface area contributed by atoms with Crippen LogP contribution in [0, 0.1) is 17.7 Å². The first-order valence-corrected chi connectivity index (χ1v) is 8.53. The van der Waals surface area contributed by atoms with E-state index >= 15 is 0 Å². The van der Waals surface area contributed by atoms with E-state index in [2.05, 4.69) is 16.0 Å². The van der Waals surface area contributed by atoms with Gasteiger partial charge in [0.1, 0.15) is 11.9 Å². The van der Waals surface area contributed by atoms with Gasteiger partial charge in [0, 0.05) is 6.54 Å². The molecule has 2 unspecified atom stereocenters. The summed E-state index contributed by atoms with van der Waals surface area (Å²) in [6.07, 6.45) is 2.19. The van der Waals surface area contributed by atoms with Crippen LogP contribution in [0.3, 0.4) is 0 Å². The van der Waals surface area contributed by atoms with Crippen LogP contribution < -0.4 is 16.0 Å². The first-order chi connectivity index (χ1) is 11.5. The Morgan fingerprint density at radius 2 is 2.04 bits per heavy atom. The number of benzene rings is 1. The van der Waals surface area contributed by atoms with Crippen molar-refractivity contribution in [1.82, 2.24) is 16.0 Å². The minimum absolute atomic E-state index is 0. The minimum atomic E-state index is -0.686. The van der Waals surface area contributed by atoms with Crippen molar-refractivity contribution < 1.29 is 14.0 Å². The van der Waals surface area contributed by atoms with Crippen LogP contribution in [0.5, 0.6) is 0 Å². The van der Waals surface area contributed by atoms with Gasteiger partial charge in [0.25, 0.3) is 5.91 Å². The van der Waals surface area contributed by atoms with Gasteiger partial charge in [-0.05, 0) is 49.9 Å². The summed E-state index contributed by atoms with van der Waals surface area (Å²) in [5.74, 6) is -1.06. The molecule has 1 fully saturated rings. The van der Waals surface area contributed by atoms with Crippen molar-refractivity contribution >= 4 is 24.2 Å². The van der Waals surface area contributed by atoms with E-state index in [1.54, 1.807) is 6.07 Å². The summed E-state index contributed by atoms with van der Waals surface area (Å²) in [7, 11) is 0. The van der Waals surface area contributed by atoms with E-state index in [9.17, 15) is 14.0 Å². The summed E-state index contributed by atoms with van der Waals surface area (Å²) in [5, 5.41) is 8.88. The third kappa shape index (κ3) is 6.29. The van der Waals surface area contributed by atoms with Gasteiger partial charge in [0.2, 0.25) is 5.91 Å². The first-order valence-electron chi connectivity index (χ1n) is 8.53. The second-order valence-electron chi connectivity index (χ2n) is 6.63. The Morgan fingerprint density at radius 1 is 1.32 bits per heavy atom. The number of hydrogen-bond acceptors (Lipinski definition) is 3. The van der Waals surface area contributed by atoms with E-state index in [4.69, 9.17) is 0 Å². The molecule has 0 radical (unpaired) electrons. The standard InChI is InChI=1S/C18H26FN3O2.ClH/c1-12(2)16(18(24)21-11-13-6-5-9-20-10-13)22-17(23)14-7-3-4-8-15(14)19;/h3-4,7-8,12-13,16,20H,5-6,9-11H2,1-2H3,(H,21,24)(H,22,23);1H. The molecule has 2 rings (SSSR count). The Bertz CT molecular complexity index is 577. The number of carbonyl (C=O) groups excluding carboxylic acids is 2. The lowest BCUT2D eigenvalue weighted by atomic mass is 9.98. The molecule has 0 aliphatic carbocycles. The number of amides is 2. The fraction of sp³-hybridized carbons (Fsp3) is 0.556. The monoisotopic (exact) mass is 371 g/mol. The highest BCUT2D eigenvalue weighted by molar-refractivity contribution is 5.97. The molecule has 0 aromatic heterocycles. The van der Waals surface area contributed by atoms with E-state index in [1.807, 2.05) is 13.8 Å². The zero-order chi connectivity index (χ0) is 17.5. The summed E-state index contributed by atoms with van der Waals surface area (Å²) in [4.78, 5) is 24.7. The molecule has 1 saturated heterocycles. The molecule has 7 heteroatoms. The predicted octanol–water partition coefficient (Wildman–Crippen LogP) is 2.12. The fourth-order valence-electron chi connectivity index (χ4n) is 2.85. The van der Waals surface area contributed by atoms with Crippen molar-refractivity contribution in [3.8, 4) is 0 Å². The molecule has 1 aromatic carbocycles. The molecule has 0 spiro atoms. The van der Waals surface area contributed by atoms with Crippen LogP contribution in [0.25, 0.3) is 0 Å². The molecular formula is C18H27ClFN3O2. The maximum absolute atomic E-state index is 13.7. The fourth-order valence-corrected chi connectivity index (χ4v) is 2.85. The summed E-state index contributed by atoms with van der Waals surface area (Å²) < 4.78 is 13.7. The smallest absolute Gasteiger partial charge is 0.254 e. The summed E-state index contributed by atoms with van der Waals surface area (Å²) >= 11 is 0. The maximum atomic E-state index is 13.7. The van der Waals surface area contributed by atoms with Crippen LogP contribution in [0.1, 0.15) is 37.0 Å². The summed E-state index contributed by atoms with van der Waals surface area (Å²) in [5.41, 5.74) is -0.0487. The van der Waals surface area contributed by atoms with Crippen molar-refractivity contribution in [2.75, 3.05) is 19.6 Å². The Balaban J connectivity index is 0.00000312. The van der Waals surface area contributed by atoms with E-state index in [0.29, 0.717) is 12.5 Å². The molecule has 1 aromatic rings. The minimum Gasteiger partial charge on any atom is -0.354 e. The maximum Gasteiger partial charge on any atom is 0.254 e. The van der Waals surface area contributed by atoms with Gasteiger partial charge in [0.15, 0.2) is 0 Å². The molecule has 1 aliphatic heterocycles. The molecule has 140 valence electrons. The van der Waals surface area contributed by atoms with Gasteiger partial charge in [-0.15, -0.1) is 12.4 Å². The molecule has 3 N–H and O–H groups in total. The number of carbonyl (C=O) groups is 2. The SMILES string of the molecule is CC(C)C(NC(=O)c1ccccc1F)C(=O)NCC1CCCNC1.Cl. The largest absolute Gasteiger partial charge is 0.354 e. The van der Waals surface area contributed by atoms with Crippen molar-refractivity contribution in [3.63, 3.8) is 0 Å². The molecular weight excluding hydrogens is 345 g/mol. The Morgan fingerprint density at radius 3 is 2.64 bits per heavy atom. The zero-order valence-electron chi connectivity index (χ0n) is 14.7. The van der Waals surface area contributed by atoms with E-state index in [0.717, 1.165) is 25.9 Å². The van der Waals surface area contributed by atoms with E-state index < -0.39 is 17.8 Å². The molecule has 25 heavy (non-hydrogen) atoms. The van der Waals surface area contributed by atoms with Crippen LogP contribution in [-0.4, -0.2) is 37.5 Å². The predicted molar refractivity (Wildman–Crippen MR) is 98.3 cm³/mol. The Labute approximate surface area is 154 Å². The summed E-state index contributed by atoms with van der Waals surface area (Å²) in [6.45, 7) is 6.22. The third-order valence-electron chi connectivity index (χ3n) is 4.32. The highest BCUT2D eigenvalue weighted by atomic mass is 35.5. The van der Waals surface area contributed by atoms with E-state index in [-0.39, 0.29) is 29.8 Å². The lowest BCUT2D eigenvalue weighted by Crippen LogP contribution is -2.51. The second kappa shape index (κ2) is 10.4. The first kappa shape index (κ1) is 21.4. The van der Waals surface area contributed by atoms with Crippen LogP contribution in [-0.2, 0) is 4.79 Å².